The van der Waals surface area contributed by atoms with Gasteiger partial charge in [0.05, 0.1) is 5.56 Å². The van der Waals surface area contributed by atoms with Crippen molar-refractivity contribution in [2.45, 2.75) is 13.8 Å². The van der Waals surface area contributed by atoms with Gasteiger partial charge in [-0.05, 0) is 18.1 Å². The molecule has 1 heterocycles. The first kappa shape index (κ1) is 12.0. The molecule has 1 aromatic heterocycles. The molecule has 0 saturated carbocycles. The highest BCUT2D eigenvalue weighted by molar-refractivity contribution is 6.29. The predicted octanol–water partition coefficient (Wildman–Crippen LogP) is 2.46. The number of carbonyl (C=O) groups excluding carboxylic acids is 1. The molecule has 1 amide bonds. The molecule has 0 N–H and O–H groups in total. The van der Waals surface area contributed by atoms with E-state index in [-0.39, 0.29) is 5.91 Å². The Kier molecular flexibility index (Phi) is 4.09. The van der Waals surface area contributed by atoms with E-state index in [1.165, 1.54) is 6.20 Å². The van der Waals surface area contributed by atoms with Gasteiger partial charge in [0.25, 0.3) is 5.91 Å². The first-order valence-electron chi connectivity index (χ1n) is 4.87. The number of nitrogens with zero attached hydrogens (tertiary/aromatic N) is 2. The highest BCUT2D eigenvalue weighted by Gasteiger charge is 2.12. The summed E-state index contributed by atoms with van der Waals surface area (Å²) >= 11 is 5.64. The van der Waals surface area contributed by atoms with Crippen molar-refractivity contribution in [1.29, 1.82) is 0 Å². The number of aromatic nitrogens is 1. The lowest BCUT2D eigenvalue weighted by molar-refractivity contribution is 0.0779. The molecule has 0 bridgehead atoms. The van der Waals surface area contributed by atoms with E-state index >= 15 is 0 Å². The number of carbonyl (C=O) groups is 1. The van der Waals surface area contributed by atoms with E-state index in [2.05, 4.69) is 18.8 Å². The van der Waals surface area contributed by atoms with Gasteiger partial charge in [0.15, 0.2) is 0 Å². The maximum Gasteiger partial charge on any atom is 0.255 e. The Hall–Kier alpha value is -1.09. The van der Waals surface area contributed by atoms with Gasteiger partial charge in [-0.1, -0.05) is 25.4 Å². The van der Waals surface area contributed by atoms with E-state index < -0.39 is 0 Å². The summed E-state index contributed by atoms with van der Waals surface area (Å²) in [6.07, 6.45) is 1.50. The van der Waals surface area contributed by atoms with Crippen molar-refractivity contribution in [3.63, 3.8) is 0 Å². The van der Waals surface area contributed by atoms with Crippen LogP contribution in [-0.2, 0) is 0 Å². The largest absolute Gasteiger partial charge is 0.341 e. The fourth-order valence-corrected chi connectivity index (χ4v) is 1.47. The molecule has 1 aromatic rings. The number of halogens is 1. The first-order chi connectivity index (χ1) is 7.00. The second kappa shape index (κ2) is 5.12. The van der Waals surface area contributed by atoms with Crippen molar-refractivity contribution in [2.24, 2.45) is 5.92 Å². The second-order valence-corrected chi connectivity index (χ2v) is 4.34. The molecule has 3 nitrogen and oxygen atoms in total. The van der Waals surface area contributed by atoms with Crippen molar-refractivity contribution in [1.82, 2.24) is 9.88 Å². The van der Waals surface area contributed by atoms with Gasteiger partial charge in [0.2, 0.25) is 0 Å². The number of pyridine rings is 1. The molecule has 0 spiro atoms. The summed E-state index contributed by atoms with van der Waals surface area (Å²) in [6.45, 7) is 4.88. The van der Waals surface area contributed by atoms with E-state index in [4.69, 9.17) is 11.6 Å². The Morgan fingerprint density at radius 2 is 2.20 bits per heavy atom. The lowest BCUT2D eigenvalue weighted by Crippen LogP contribution is -2.30. The zero-order valence-corrected chi connectivity index (χ0v) is 9.95. The highest BCUT2D eigenvalue weighted by atomic mass is 35.5. The lowest BCUT2D eigenvalue weighted by atomic mass is 10.2. The Balaban J connectivity index is 2.72. The van der Waals surface area contributed by atoms with Crippen LogP contribution in [0.1, 0.15) is 24.2 Å². The molecule has 4 heteroatoms. The third-order valence-electron chi connectivity index (χ3n) is 1.96. The first-order valence-corrected chi connectivity index (χ1v) is 5.25. The van der Waals surface area contributed by atoms with Crippen LogP contribution in [0.25, 0.3) is 0 Å². The minimum Gasteiger partial charge on any atom is -0.341 e. The average molecular weight is 227 g/mol. The molecule has 0 aliphatic rings. The van der Waals surface area contributed by atoms with Crippen LogP contribution in [0.3, 0.4) is 0 Å². The lowest BCUT2D eigenvalue weighted by Gasteiger charge is -2.19. The molecule has 82 valence electrons. The Bertz CT molecular complexity index is 335. The fourth-order valence-electron chi connectivity index (χ4n) is 1.35. The average Bonchev–Trinajstić information content (AvgIpc) is 2.17. The molecule has 0 fully saturated rings. The smallest absolute Gasteiger partial charge is 0.255 e. The minimum atomic E-state index is -0.0205. The quantitative estimate of drug-likeness (QED) is 0.742. The Morgan fingerprint density at radius 1 is 1.53 bits per heavy atom. The molecule has 0 saturated heterocycles. The molecule has 0 unspecified atom stereocenters. The highest BCUT2D eigenvalue weighted by Crippen LogP contribution is 2.08. The van der Waals surface area contributed by atoms with Crippen LogP contribution in [0, 0.1) is 5.92 Å². The molecule has 15 heavy (non-hydrogen) atoms. The zero-order valence-electron chi connectivity index (χ0n) is 9.20. The second-order valence-electron chi connectivity index (χ2n) is 3.95. The van der Waals surface area contributed by atoms with Gasteiger partial charge in [-0.15, -0.1) is 0 Å². The summed E-state index contributed by atoms with van der Waals surface area (Å²) in [4.78, 5) is 17.4. The molecule has 0 aliphatic heterocycles. The van der Waals surface area contributed by atoms with Crippen molar-refractivity contribution < 1.29 is 4.79 Å². The normalized spacial score (nSPS) is 10.5. The topological polar surface area (TPSA) is 33.2 Å². The maximum absolute atomic E-state index is 11.8. The van der Waals surface area contributed by atoms with Crippen LogP contribution in [0.15, 0.2) is 18.3 Å². The van der Waals surface area contributed by atoms with E-state index in [1.54, 1.807) is 24.1 Å². The minimum absolute atomic E-state index is 0.0205. The van der Waals surface area contributed by atoms with Crippen molar-refractivity contribution in [2.75, 3.05) is 13.6 Å². The van der Waals surface area contributed by atoms with Crippen molar-refractivity contribution >= 4 is 17.5 Å². The zero-order chi connectivity index (χ0) is 11.4. The maximum atomic E-state index is 11.8. The molecule has 1 rings (SSSR count). The molecule has 0 aliphatic carbocycles. The van der Waals surface area contributed by atoms with Gasteiger partial charge in [0.1, 0.15) is 5.15 Å². The van der Waals surface area contributed by atoms with E-state index in [0.29, 0.717) is 16.6 Å². The van der Waals surface area contributed by atoms with Crippen LogP contribution in [0.2, 0.25) is 5.15 Å². The van der Waals surface area contributed by atoms with Gasteiger partial charge < -0.3 is 4.90 Å². The summed E-state index contributed by atoms with van der Waals surface area (Å²) in [7, 11) is 1.79. The number of hydrogen-bond acceptors (Lipinski definition) is 2. The van der Waals surface area contributed by atoms with E-state index in [1.807, 2.05) is 0 Å². The fraction of sp³-hybridized carbons (Fsp3) is 0.455. The summed E-state index contributed by atoms with van der Waals surface area (Å²) in [6, 6.07) is 3.31. The summed E-state index contributed by atoms with van der Waals surface area (Å²) in [5, 5.41) is 0.401. The predicted molar refractivity (Wildman–Crippen MR) is 61.0 cm³/mol. The summed E-state index contributed by atoms with van der Waals surface area (Å²) in [5.74, 6) is 0.437. The monoisotopic (exact) mass is 226 g/mol. The van der Waals surface area contributed by atoms with Gasteiger partial charge in [-0.3, -0.25) is 4.79 Å². The molecule has 0 radical (unpaired) electrons. The number of rotatable bonds is 3. The molecular formula is C11H15ClN2O. The molecule has 0 atom stereocenters. The third kappa shape index (κ3) is 3.51. The van der Waals surface area contributed by atoms with Crippen LogP contribution in [-0.4, -0.2) is 29.4 Å². The van der Waals surface area contributed by atoms with E-state index in [0.717, 1.165) is 6.54 Å². The van der Waals surface area contributed by atoms with E-state index in [9.17, 15) is 4.79 Å². The number of amides is 1. The van der Waals surface area contributed by atoms with Gasteiger partial charge >= 0.3 is 0 Å². The van der Waals surface area contributed by atoms with Gasteiger partial charge in [-0.25, -0.2) is 4.98 Å². The van der Waals surface area contributed by atoms with Crippen LogP contribution < -0.4 is 0 Å². The Morgan fingerprint density at radius 3 is 2.67 bits per heavy atom. The molecule has 0 aromatic carbocycles. The number of hydrogen-bond donors (Lipinski definition) is 0. The van der Waals surface area contributed by atoms with Crippen LogP contribution in [0.4, 0.5) is 0 Å². The van der Waals surface area contributed by atoms with Crippen molar-refractivity contribution in [3.8, 4) is 0 Å². The third-order valence-corrected chi connectivity index (χ3v) is 2.18. The SMILES string of the molecule is CC(C)CN(C)C(=O)c1ccc(Cl)nc1. The summed E-state index contributed by atoms with van der Waals surface area (Å²) < 4.78 is 0. The van der Waals surface area contributed by atoms with Gasteiger partial charge in [0, 0.05) is 19.8 Å². The van der Waals surface area contributed by atoms with Crippen LogP contribution >= 0.6 is 11.6 Å². The standard InChI is InChI=1S/C11H15ClN2O/c1-8(2)7-14(3)11(15)9-4-5-10(12)13-6-9/h4-6,8H,7H2,1-3H3. The summed E-state index contributed by atoms with van der Waals surface area (Å²) in [5.41, 5.74) is 0.572. The Labute approximate surface area is 95.1 Å². The molecular weight excluding hydrogens is 212 g/mol. The van der Waals surface area contributed by atoms with Gasteiger partial charge in [-0.2, -0.15) is 0 Å². The van der Waals surface area contributed by atoms with Crippen LogP contribution in [0.5, 0.6) is 0 Å². The van der Waals surface area contributed by atoms with Crippen molar-refractivity contribution in [3.05, 3.63) is 29.0 Å².